The molecule has 0 saturated carbocycles. The van der Waals surface area contributed by atoms with Crippen molar-refractivity contribution in [3.63, 3.8) is 0 Å². The summed E-state index contributed by atoms with van der Waals surface area (Å²) >= 11 is 0. The number of aliphatic carboxylic acids is 1. The van der Waals surface area contributed by atoms with Crippen LogP contribution in [0.2, 0.25) is 0 Å². The third-order valence-corrected chi connectivity index (χ3v) is 4.60. The molecule has 8 nitrogen and oxygen atoms in total. The number of carbonyl (C=O) groups is 2. The number of hydrogen-bond acceptors (Lipinski definition) is 5. The van der Waals surface area contributed by atoms with Gasteiger partial charge in [0.1, 0.15) is 4.90 Å². The number of rotatable bonds is 4. The van der Waals surface area contributed by atoms with E-state index in [1.165, 1.54) is 24.5 Å². The number of nitrogens with one attached hydrogen (secondary N) is 1. The van der Waals surface area contributed by atoms with Gasteiger partial charge in [0.2, 0.25) is 15.9 Å². The second-order valence-electron chi connectivity index (χ2n) is 4.31. The fourth-order valence-corrected chi connectivity index (χ4v) is 3.20. The summed E-state index contributed by atoms with van der Waals surface area (Å²) in [6.07, 6.45) is 4.65. The molecule has 0 spiro atoms. The fraction of sp³-hybridized carbons (Fsp3) is 0.250. The van der Waals surface area contributed by atoms with Crippen LogP contribution >= 0.6 is 0 Å². The van der Waals surface area contributed by atoms with Crippen LogP contribution in [0.5, 0.6) is 0 Å². The maximum atomic E-state index is 12.4. The lowest BCUT2D eigenvalue weighted by Crippen LogP contribution is -2.49. The molecule has 9 heteroatoms. The molecule has 2 heterocycles. The van der Waals surface area contributed by atoms with Crippen LogP contribution in [0, 0.1) is 0 Å². The van der Waals surface area contributed by atoms with Gasteiger partial charge in [0.25, 0.3) is 0 Å². The second-order valence-corrected chi connectivity index (χ2v) is 6.25. The maximum absolute atomic E-state index is 12.4. The Morgan fingerprint density at radius 1 is 1.43 bits per heavy atom. The zero-order valence-electron chi connectivity index (χ0n) is 10.9. The molecule has 0 aliphatic carbocycles. The van der Waals surface area contributed by atoms with Crippen molar-refractivity contribution < 1.29 is 23.1 Å². The SMILES string of the molecule is O=C(O)C=Cc1cncc(S(=O)(=O)N2CCNC(=O)C2)c1. The first kappa shape index (κ1) is 15.1. The topological polar surface area (TPSA) is 117 Å². The van der Waals surface area contributed by atoms with Crippen LogP contribution in [-0.4, -0.2) is 54.3 Å². The molecule has 1 aliphatic rings. The smallest absolute Gasteiger partial charge is 0.328 e. The highest BCUT2D eigenvalue weighted by Gasteiger charge is 2.29. The fourth-order valence-electron chi connectivity index (χ4n) is 1.80. The molecule has 21 heavy (non-hydrogen) atoms. The summed E-state index contributed by atoms with van der Waals surface area (Å²) in [6.45, 7) is 0.199. The van der Waals surface area contributed by atoms with Gasteiger partial charge in [-0.3, -0.25) is 9.78 Å². The zero-order valence-corrected chi connectivity index (χ0v) is 11.7. The van der Waals surface area contributed by atoms with E-state index in [-0.39, 0.29) is 30.4 Å². The summed E-state index contributed by atoms with van der Waals surface area (Å²) in [5, 5.41) is 11.1. The van der Waals surface area contributed by atoms with Crippen molar-refractivity contribution >= 4 is 28.0 Å². The van der Waals surface area contributed by atoms with Gasteiger partial charge in [-0.15, -0.1) is 0 Å². The predicted octanol–water partition coefficient (Wildman–Crippen LogP) is -0.700. The van der Waals surface area contributed by atoms with E-state index in [1.54, 1.807) is 0 Å². The number of carboxylic acids is 1. The number of aromatic nitrogens is 1. The lowest BCUT2D eigenvalue weighted by atomic mass is 10.2. The Balaban J connectivity index is 2.29. The van der Waals surface area contributed by atoms with Crippen molar-refractivity contribution in [3.8, 4) is 0 Å². The Morgan fingerprint density at radius 3 is 2.86 bits per heavy atom. The molecule has 0 bridgehead atoms. The van der Waals surface area contributed by atoms with E-state index in [9.17, 15) is 18.0 Å². The standard InChI is InChI=1S/C12H13N3O5S/c16-11-8-15(4-3-14-11)21(19,20)10-5-9(6-13-7-10)1-2-12(17)18/h1-2,5-7H,3-4,8H2,(H,14,16)(H,17,18). The van der Waals surface area contributed by atoms with Crippen molar-refractivity contribution in [1.82, 2.24) is 14.6 Å². The summed E-state index contributed by atoms with van der Waals surface area (Å²) in [7, 11) is -3.83. The van der Waals surface area contributed by atoms with Gasteiger partial charge in [-0.25, -0.2) is 13.2 Å². The normalized spacial score (nSPS) is 16.9. The molecule has 1 aliphatic heterocycles. The summed E-state index contributed by atoms with van der Waals surface area (Å²) in [5.41, 5.74) is 0.347. The predicted molar refractivity (Wildman–Crippen MR) is 72.7 cm³/mol. The third kappa shape index (κ3) is 3.64. The van der Waals surface area contributed by atoms with Crippen molar-refractivity contribution in [2.75, 3.05) is 19.6 Å². The Morgan fingerprint density at radius 2 is 2.19 bits per heavy atom. The van der Waals surface area contributed by atoms with Gasteiger partial charge in [-0.05, 0) is 17.7 Å². The van der Waals surface area contributed by atoms with Crippen molar-refractivity contribution in [2.45, 2.75) is 4.90 Å². The highest BCUT2D eigenvalue weighted by Crippen LogP contribution is 2.17. The van der Waals surface area contributed by atoms with Crippen LogP contribution in [0.4, 0.5) is 0 Å². The van der Waals surface area contributed by atoms with E-state index in [2.05, 4.69) is 10.3 Å². The first-order chi connectivity index (χ1) is 9.89. The van der Waals surface area contributed by atoms with E-state index in [0.717, 1.165) is 10.4 Å². The largest absolute Gasteiger partial charge is 0.478 e. The van der Waals surface area contributed by atoms with Crippen molar-refractivity contribution in [1.29, 1.82) is 0 Å². The van der Waals surface area contributed by atoms with Gasteiger partial charge < -0.3 is 10.4 Å². The molecule has 2 rings (SSSR count). The number of amides is 1. The number of carboxylic acid groups (broad SMARTS) is 1. The number of carbonyl (C=O) groups excluding carboxylic acids is 1. The average Bonchev–Trinajstić information content (AvgIpc) is 2.45. The molecule has 112 valence electrons. The number of sulfonamides is 1. The Bertz CT molecular complexity index is 699. The molecule has 1 amide bonds. The number of pyridine rings is 1. The number of hydrogen-bond donors (Lipinski definition) is 2. The molecule has 0 radical (unpaired) electrons. The quantitative estimate of drug-likeness (QED) is 0.710. The lowest BCUT2D eigenvalue weighted by Gasteiger charge is -2.25. The molecular weight excluding hydrogens is 298 g/mol. The first-order valence-corrected chi connectivity index (χ1v) is 7.46. The highest BCUT2D eigenvalue weighted by molar-refractivity contribution is 7.89. The van der Waals surface area contributed by atoms with Crippen molar-refractivity contribution in [3.05, 3.63) is 30.1 Å². The van der Waals surface area contributed by atoms with Gasteiger partial charge in [0.05, 0.1) is 6.54 Å². The molecule has 1 saturated heterocycles. The Kier molecular flexibility index (Phi) is 4.34. The molecule has 0 atom stereocenters. The van der Waals surface area contributed by atoms with E-state index in [1.807, 2.05) is 0 Å². The van der Waals surface area contributed by atoms with E-state index >= 15 is 0 Å². The van der Waals surface area contributed by atoms with Gasteiger partial charge >= 0.3 is 5.97 Å². The number of nitrogens with zero attached hydrogens (tertiary/aromatic N) is 2. The monoisotopic (exact) mass is 311 g/mol. The number of piperazine rings is 1. The molecule has 1 aromatic rings. The molecular formula is C12H13N3O5S. The molecule has 0 unspecified atom stereocenters. The van der Waals surface area contributed by atoms with Crippen LogP contribution in [0.25, 0.3) is 6.08 Å². The summed E-state index contributed by atoms with van der Waals surface area (Å²) in [5.74, 6) is -1.50. The summed E-state index contributed by atoms with van der Waals surface area (Å²) in [4.78, 5) is 25.5. The summed E-state index contributed by atoms with van der Waals surface area (Å²) < 4.78 is 25.8. The van der Waals surface area contributed by atoms with Gasteiger partial charge in [0.15, 0.2) is 0 Å². The lowest BCUT2D eigenvalue weighted by molar-refractivity contribution is -0.131. The average molecular weight is 311 g/mol. The van der Waals surface area contributed by atoms with Crippen molar-refractivity contribution in [2.24, 2.45) is 0 Å². The molecule has 2 N–H and O–H groups in total. The van der Waals surface area contributed by atoms with Crippen LogP contribution < -0.4 is 5.32 Å². The summed E-state index contributed by atoms with van der Waals surface area (Å²) in [6, 6.07) is 1.31. The maximum Gasteiger partial charge on any atom is 0.328 e. The van der Waals surface area contributed by atoms with E-state index in [0.29, 0.717) is 5.56 Å². The third-order valence-electron chi connectivity index (χ3n) is 2.79. The van der Waals surface area contributed by atoms with Gasteiger partial charge in [-0.2, -0.15) is 4.31 Å². The first-order valence-electron chi connectivity index (χ1n) is 6.02. The van der Waals surface area contributed by atoms with Gasteiger partial charge in [0, 0.05) is 31.6 Å². The minimum atomic E-state index is -3.83. The second kappa shape index (κ2) is 6.02. The molecule has 1 aromatic heterocycles. The van der Waals surface area contributed by atoms with Crippen LogP contribution in [0.15, 0.2) is 29.4 Å². The van der Waals surface area contributed by atoms with Gasteiger partial charge in [-0.1, -0.05) is 0 Å². The highest BCUT2D eigenvalue weighted by atomic mass is 32.2. The minimum absolute atomic E-state index is 0.0789. The Labute approximate surface area is 121 Å². The molecule has 1 fully saturated rings. The zero-order chi connectivity index (χ0) is 15.5. The van der Waals surface area contributed by atoms with Crippen LogP contribution in [0.3, 0.4) is 0 Å². The van der Waals surface area contributed by atoms with E-state index in [4.69, 9.17) is 5.11 Å². The van der Waals surface area contributed by atoms with Crippen LogP contribution in [0.1, 0.15) is 5.56 Å². The minimum Gasteiger partial charge on any atom is -0.478 e. The van der Waals surface area contributed by atoms with Crippen LogP contribution in [-0.2, 0) is 19.6 Å². The molecule has 0 aromatic carbocycles. The van der Waals surface area contributed by atoms with E-state index < -0.39 is 16.0 Å². The Hall–Kier alpha value is -2.26.